The van der Waals surface area contributed by atoms with E-state index in [4.69, 9.17) is 5.73 Å². The molecule has 1 aliphatic heterocycles. The summed E-state index contributed by atoms with van der Waals surface area (Å²) in [6.45, 7) is 9.08. The van der Waals surface area contributed by atoms with Crippen LogP contribution in [0.15, 0.2) is 0 Å². The molecule has 0 atom stereocenters. The van der Waals surface area contributed by atoms with Crippen LogP contribution in [-0.2, 0) is 9.59 Å². The van der Waals surface area contributed by atoms with Crippen molar-refractivity contribution in [1.29, 1.82) is 0 Å². The molecule has 5 nitrogen and oxygen atoms in total. The predicted octanol–water partition coefficient (Wildman–Crippen LogP) is 0.831. The van der Waals surface area contributed by atoms with Crippen LogP contribution in [0.1, 0.15) is 40.5 Å². The Morgan fingerprint density at radius 2 is 1.63 bits per heavy atom. The van der Waals surface area contributed by atoms with Gasteiger partial charge in [0.15, 0.2) is 0 Å². The fourth-order valence-corrected chi connectivity index (χ4v) is 2.09. The van der Waals surface area contributed by atoms with Gasteiger partial charge in [0.05, 0.1) is 12.0 Å². The number of amides is 2. The van der Waals surface area contributed by atoms with Crippen LogP contribution in [0.4, 0.5) is 0 Å². The molecule has 0 aromatic rings. The highest BCUT2D eigenvalue weighted by Gasteiger charge is 2.42. The van der Waals surface area contributed by atoms with E-state index in [1.54, 1.807) is 7.05 Å². The second-order valence-corrected chi connectivity index (χ2v) is 6.60. The topological polar surface area (TPSA) is 66.6 Å². The monoisotopic (exact) mass is 269 g/mol. The zero-order valence-electron chi connectivity index (χ0n) is 12.8. The maximum Gasteiger partial charge on any atom is 0.242 e. The summed E-state index contributed by atoms with van der Waals surface area (Å²) in [7, 11) is 1.67. The minimum Gasteiger partial charge on any atom is -0.341 e. The van der Waals surface area contributed by atoms with E-state index in [0.29, 0.717) is 0 Å². The van der Waals surface area contributed by atoms with E-state index in [-0.39, 0.29) is 18.4 Å². The van der Waals surface area contributed by atoms with E-state index < -0.39 is 11.0 Å². The summed E-state index contributed by atoms with van der Waals surface area (Å²) in [5.74, 6) is -0.0634. The van der Waals surface area contributed by atoms with Crippen molar-refractivity contribution >= 4 is 11.8 Å². The molecular weight excluding hydrogens is 242 g/mol. The van der Waals surface area contributed by atoms with Crippen molar-refractivity contribution in [2.45, 2.75) is 46.1 Å². The van der Waals surface area contributed by atoms with Gasteiger partial charge in [0.1, 0.15) is 0 Å². The van der Waals surface area contributed by atoms with Crippen molar-refractivity contribution < 1.29 is 9.59 Å². The predicted molar refractivity (Wildman–Crippen MR) is 75.5 cm³/mol. The van der Waals surface area contributed by atoms with Crippen LogP contribution in [0.2, 0.25) is 0 Å². The van der Waals surface area contributed by atoms with Crippen LogP contribution >= 0.6 is 0 Å². The number of nitrogens with two attached hydrogens (primary N) is 1. The molecule has 1 aliphatic rings. The van der Waals surface area contributed by atoms with Crippen LogP contribution in [0.5, 0.6) is 0 Å². The van der Waals surface area contributed by atoms with Crippen molar-refractivity contribution in [3.8, 4) is 0 Å². The lowest BCUT2D eigenvalue weighted by molar-refractivity contribution is -0.146. The first kappa shape index (κ1) is 16.0. The first-order chi connectivity index (χ1) is 8.57. The van der Waals surface area contributed by atoms with Crippen LogP contribution in [-0.4, -0.2) is 53.8 Å². The van der Waals surface area contributed by atoms with Gasteiger partial charge in [-0.05, 0) is 40.5 Å². The smallest absolute Gasteiger partial charge is 0.242 e. The molecule has 1 fully saturated rings. The Bertz CT molecular complexity index is 352. The summed E-state index contributed by atoms with van der Waals surface area (Å²) in [6, 6.07) is 0. The SMILES string of the molecule is CN(CC(=O)N1CCCC1)C(=O)C(C)(C)C(C)(C)N. The van der Waals surface area contributed by atoms with Crippen molar-refractivity contribution in [3.05, 3.63) is 0 Å². The molecule has 19 heavy (non-hydrogen) atoms. The Hall–Kier alpha value is -1.10. The molecule has 110 valence electrons. The zero-order valence-corrected chi connectivity index (χ0v) is 12.8. The highest BCUT2D eigenvalue weighted by molar-refractivity contribution is 5.88. The third-order valence-corrected chi connectivity index (χ3v) is 4.32. The van der Waals surface area contributed by atoms with Gasteiger partial charge in [-0.3, -0.25) is 9.59 Å². The molecule has 0 radical (unpaired) electrons. The molecular formula is C14H27N3O2. The highest BCUT2D eigenvalue weighted by atomic mass is 16.2. The van der Waals surface area contributed by atoms with Gasteiger partial charge < -0.3 is 15.5 Å². The summed E-state index contributed by atoms with van der Waals surface area (Å²) in [6.07, 6.45) is 2.12. The Morgan fingerprint density at radius 3 is 2.05 bits per heavy atom. The molecule has 0 unspecified atom stereocenters. The quantitative estimate of drug-likeness (QED) is 0.822. The summed E-state index contributed by atoms with van der Waals surface area (Å²) in [5.41, 5.74) is 4.73. The van der Waals surface area contributed by atoms with Gasteiger partial charge in [-0.25, -0.2) is 0 Å². The summed E-state index contributed by atoms with van der Waals surface area (Å²) >= 11 is 0. The molecule has 2 N–H and O–H groups in total. The fourth-order valence-electron chi connectivity index (χ4n) is 2.09. The minimum absolute atomic E-state index is 0.0268. The second-order valence-electron chi connectivity index (χ2n) is 6.60. The number of carbonyl (C=O) groups excluding carboxylic acids is 2. The van der Waals surface area contributed by atoms with Crippen molar-refractivity contribution in [1.82, 2.24) is 9.80 Å². The first-order valence-corrected chi connectivity index (χ1v) is 6.89. The number of hydrogen-bond donors (Lipinski definition) is 1. The van der Waals surface area contributed by atoms with Crippen LogP contribution in [0.3, 0.4) is 0 Å². The standard InChI is InChI=1S/C14H27N3O2/c1-13(2,14(3,4)15)12(19)16(5)10-11(18)17-8-6-7-9-17/h6-10,15H2,1-5H3. The summed E-state index contributed by atoms with van der Waals surface area (Å²) in [4.78, 5) is 27.8. The van der Waals surface area contributed by atoms with E-state index in [1.165, 1.54) is 4.90 Å². The summed E-state index contributed by atoms with van der Waals surface area (Å²) in [5, 5.41) is 0. The van der Waals surface area contributed by atoms with Gasteiger partial charge in [0, 0.05) is 25.7 Å². The Morgan fingerprint density at radius 1 is 1.16 bits per heavy atom. The third kappa shape index (κ3) is 3.47. The molecule has 1 saturated heterocycles. The third-order valence-electron chi connectivity index (χ3n) is 4.32. The van der Waals surface area contributed by atoms with Gasteiger partial charge in [-0.15, -0.1) is 0 Å². The van der Waals surface area contributed by atoms with Gasteiger partial charge in [-0.2, -0.15) is 0 Å². The van der Waals surface area contributed by atoms with Gasteiger partial charge >= 0.3 is 0 Å². The van der Waals surface area contributed by atoms with E-state index in [9.17, 15) is 9.59 Å². The van der Waals surface area contributed by atoms with Crippen molar-refractivity contribution in [3.63, 3.8) is 0 Å². The molecule has 2 amide bonds. The molecule has 0 aliphatic carbocycles. The average Bonchev–Trinajstić information content (AvgIpc) is 2.79. The van der Waals surface area contributed by atoms with Gasteiger partial charge in [0.25, 0.3) is 0 Å². The zero-order chi connectivity index (χ0) is 14.8. The maximum atomic E-state index is 12.4. The molecule has 0 aromatic heterocycles. The van der Waals surface area contributed by atoms with E-state index in [1.807, 2.05) is 32.6 Å². The van der Waals surface area contributed by atoms with E-state index in [2.05, 4.69) is 0 Å². The molecule has 0 bridgehead atoms. The first-order valence-electron chi connectivity index (χ1n) is 6.89. The van der Waals surface area contributed by atoms with E-state index in [0.717, 1.165) is 25.9 Å². The lowest BCUT2D eigenvalue weighted by Gasteiger charge is -2.39. The van der Waals surface area contributed by atoms with Crippen molar-refractivity contribution in [2.24, 2.45) is 11.1 Å². The van der Waals surface area contributed by atoms with Crippen molar-refractivity contribution in [2.75, 3.05) is 26.7 Å². The van der Waals surface area contributed by atoms with Crippen LogP contribution in [0, 0.1) is 5.41 Å². The number of nitrogens with zero attached hydrogens (tertiary/aromatic N) is 2. The number of rotatable bonds is 4. The molecule has 0 aromatic carbocycles. The number of likely N-dealkylation sites (tertiary alicyclic amines) is 1. The Labute approximate surface area is 116 Å². The van der Waals surface area contributed by atoms with Gasteiger partial charge in [-0.1, -0.05) is 0 Å². The molecule has 5 heteroatoms. The number of hydrogen-bond acceptors (Lipinski definition) is 3. The van der Waals surface area contributed by atoms with E-state index >= 15 is 0 Å². The average molecular weight is 269 g/mol. The number of likely N-dealkylation sites (N-methyl/N-ethyl adjacent to an activating group) is 1. The second kappa shape index (κ2) is 5.49. The van der Waals surface area contributed by atoms with Crippen LogP contribution in [0.25, 0.3) is 0 Å². The van der Waals surface area contributed by atoms with Gasteiger partial charge in [0.2, 0.25) is 11.8 Å². The van der Waals surface area contributed by atoms with Crippen LogP contribution < -0.4 is 5.73 Å². The Kier molecular flexibility index (Phi) is 4.61. The lowest BCUT2D eigenvalue weighted by Crippen LogP contribution is -2.56. The number of carbonyl (C=O) groups is 2. The molecule has 1 rings (SSSR count). The summed E-state index contributed by atoms with van der Waals surface area (Å²) < 4.78 is 0. The normalized spacial score (nSPS) is 16.6. The highest BCUT2D eigenvalue weighted by Crippen LogP contribution is 2.30. The maximum absolute atomic E-state index is 12.4. The largest absolute Gasteiger partial charge is 0.341 e. The molecule has 0 saturated carbocycles. The Balaban J connectivity index is 2.64. The fraction of sp³-hybridized carbons (Fsp3) is 0.857. The molecule has 1 heterocycles. The molecule has 0 spiro atoms. The minimum atomic E-state index is -0.701. The lowest BCUT2D eigenvalue weighted by atomic mass is 9.74.